The van der Waals surface area contributed by atoms with Crippen molar-refractivity contribution in [3.63, 3.8) is 0 Å². The lowest BCUT2D eigenvalue weighted by Gasteiger charge is -2.09. The molecular weight excluding hydrogens is 204 g/mol. The molecule has 84 valence electrons. The number of hydrogen-bond acceptors (Lipinski definition) is 3. The average Bonchev–Trinajstić information content (AvgIpc) is 2.87. The molecule has 0 aliphatic rings. The quantitative estimate of drug-likeness (QED) is 0.731. The number of nitrogens with zero attached hydrogens (tertiary/aromatic N) is 4. The van der Waals surface area contributed by atoms with Crippen molar-refractivity contribution >= 4 is 6.29 Å². The van der Waals surface area contributed by atoms with E-state index >= 15 is 0 Å². The van der Waals surface area contributed by atoms with Crippen molar-refractivity contribution in [3.8, 4) is 0 Å². The Morgan fingerprint density at radius 2 is 2.31 bits per heavy atom. The predicted octanol–water partition coefficient (Wildman–Crippen LogP) is 1.52. The summed E-state index contributed by atoms with van der Waals surface area (Å²) in [6, 6.07) is 2.07. The van der Waals surface area contributed by atoms with E-state index in [1.165, 1.54) is 0 Å². The van der Waals surface area contributed by atoms with Gasteiger partial charge in [0.15, 0.2) is 6.29 Å². The Labute approximate surface area is 93.7 Å². The molecule has 0 spiro atoms. The minimum absolute atomic E-state index is 0.290. The van der Waals surface area contributed by atoms with Gasteiger partial charge in [-0.25, -0.2) is 9.67 Å². The molecule has 0 atom stereocenters. The summed E-state index contributed by atoms with van der Waals surface area (Å²) in [5, 5.41) is 4.16. The lowest BCUT2D eigenvalue weighted by atomic mass is 10.4. The van der Waals surface area contributed by atoms with Crippen molar-refractivity contribution in [3.05, 3.63) is 36.2 Å². The summed E-state index contributed by atoms with van der Waals surface area (Å²) in [6.45, 7) is 4.75. The molecule has 0 fully saturated rings. The van der Waals surface area contributed by atoms with E-state index in [1.54, 1.807) is 18.6 Å². The van der Waals surface area contributed by atoms with E-state index in [0.717, 1.165) is 12.1 Å². The normalized spacial score (nSPS) is 10.9. The number of aldehydes is 1. The standard InChI is InChI=1S/C11H14N4O/c1-9(2)15-11(12-8-13-15)6-14-4-3-10(5-14)7-16/h3-5,7-9H,6H2,1-2H3. The van der Waals surface area contributed by atoms with Gasteiger partial charge in [0.05, 0.1) is 6.54 Å². The highest BCUT2D eigenvalue weighted by molar-refractivity contribution is 5.74. The van der Waals surface area contributed by atoms with Gasteiger partial charge in [0.1, 0.15) is 12.2 Å². The average molecular weight is 218 g/mol. The molecule has 16 heavy (non-hydrogen) atoms. The minimum atomic E-state index is 0.290. The fraction of sp³-hybridized carbons (Fsp3) is 0.364. The zero-order valence-electron chi connectivity index (χ0n) is 9.37. The molecule has 2 aromatic heterocycles. The number of carbonyl (C=O) groups excluding carboxylic acids is 1. The van der Waals surface area contributed by atoms with Gasteiger partial charge in [-0.1, -0.05) is 0 Å². The van der Waals surface area contributed by atoms with Gasteiger partial charge in [0.2, 0.25) is 0 Å². The van der Waals surface area contributed by atoms with Gasteiger partial charge in [-0.3, -0.25) is 4.79 Å². The van der Waals surface area contributed by atoms with Crippen LogP contribution in [0.2, 0.25) is 0 Å². The molecule has 0 bridgehead atoms. The molecule has 0 amide bonds. The summed E-state index contributed by atoms with van der Waals surface area (Å²) < 4.78 is 3.80. The van der Waals surface area contributed by atoms with Crippen LogP contribution in [-0.2, 0) is 6.54 Å². The Kier molecular flexibility index (Phi) is 2.85. The zero-order valence-corrected chi connectivity index (χ0v) is 9.37. The molecular formula is C11H14N4O. The lowest BCUT2D eigenvalue weighted by molar-refractivity contribution is 0.112. The second kappa shape index (κ2) is 4.30. The van der Waals surface area contributed by atoms with Crippen molar-refractivity contribution in [2.75, 3.05) is 0 Å². The lowest BCUT2D eigenvalue weighted by Crippen LogP contribution is -2.11. The summed E-state index contributed by atoms with van der Waals surface area (Å²) in [6.07, 6.45) is 6.05. The van der Waals surface area contributed by atoms with Gasteiger partial charge >= 0.3 is 0 Å². The summed E-state index contributed by atoms with van der Waals surface area (Å²) in [5.74, 6) is 0.892. The number of aromatic nitrogens is 4. The maximum Gasteiger partial charge on any atom is 0.151 e. The molecule has 5 heteroatoms. The number of hydrogen-bond donors (Lipinski definition) is 0. The van der Waals surface area contributed by atoms with Crippen molar-refractivity contribution < 1.29 is 4.79 Å². The van der Waals surface area contributed by atoms with E-state index in [4.69, 9.17) is 0 Å². The molecule has 0 aromatic carbocycles. The minimum Gasteiger partial charge on any atom is -0.346 e. The molecule has 2 heterocycles. The van der Waals surface area contributed by atoms with Crippen LogP contribution in [0.1, 0.15) is 36.1 Å². The van der Waals surface area contributed by atoms with Gasteiger partial charge < -0.3 is 4.57 Å². The van der Waals surface area contributed by atoms with Gasteiger partial charge in [0.25, 0.3) is 0 Å². The first-order chi connectivity index (χ1) is 7.70. The van der Waals surface area contributed by atoms with Crippen LogP contribution in [0, 0.1) is 0 Å². The summed E-state index contributed by atoms with van der Waals surface area (Å²) in [5.41, 5.74) is 0.676. The monoisotopic (exact) mass is 218 g/mol. The van der Waals surface area contributed by atoms with Gasteiger partial charge in [0, 0.05) is 24.0 Å². The Morgan fingerprint density at radius 1 is 1.50 bits per heavy atom. The molecule has 2 aromatic rings. The van der Waals surface area contributed by atoms with Crippen molar-refractivity contribution in [1.82, 2.24) is 19.3 Å². The fourth-order valence-corrected chi connectivity index (χ4v) is 1.61. The molecule has 5 nitrogen and oxygen atoms in total. The molecule has 0 saturated heterocycles. The highest BCUT2D eigenvalue weighted by atomic mass is 16.1. The van der Waals surface area contributed by atoms with Gasteiger partial charge in [-0.2, -0.15) is 5.10 Å². The smallest absolute Gasteiger partial charge is 0.151 e. The third kappa shape index (κ3) is 2.03. The van der Waals surface area contributed by atoms with Gasteiger partial charge in [-0.05, 0) is 19.9 Å². The van der Waals surface area contributed by atoms with E-state index in [9.17, 15) is 4.79 Å². The molecule has 0 aliphatic carbocycles. The summed E-state index contributed by atoms with van der Waals surface area (Å²) >= 11 is 0. The van der Waals surface area contributed by atoms with E-state index in [0.29, 0.717) is 18.2 Å². The van der Waals surface area contributed by atoms with Crippen LogP contribution >= 0.6 is 0 Å². The molecule has 0 unspecified atom stereocenters. The number of rotatable bonds is 4. The molecule has 0 saturated carbocycles. The van der Waals surface area contributed by atoms with E-state index in [1.807, 2.05) is 15.4 Å². The number of carbonyl (C=O) groups is 1. The van der Waals surface area contributed by atoms with E-state index in [2.05, 4.69) is 23.9 Å². The first kappa shape index (κ1) is 10.6. The first-order valence-corrected chi connectivity index (χ1v) is 5.20. The van der Waals surface area contributed by atoms with Crippen LogP contribution in [0.5, 0.6) is 0 Å². The summed E-state index contributed by atoms with van der Waals surface area (Å²) in [7, 11) is 0. The Morgan fingerprint density at radius 3 is 2.94 bits per heavy atom. The Bertz CT molecular complexity index is 484. The van der Waals surface area contributed by atoms with Gasteiger partial charge in [-0.15, -0.1) is 0 Å². The Hall–Kier alpha value is -1.91. The van der Waals surface area contributed by atoms with Crippen molar-refractivity contribution in [2.45, 2.75) is 26.4 Å². The van der Waals surface area contributed by atoms with Crippen LogP contribution in [0.15, 0.2) is 24.8 Å². The Balaban J connectivity index is 2.20. The van der Waals surface area contributed by atoms with Crippen LogP contribution in [0.4, 0.5) is 0 Å². The largest absolute Gasteiger partial charge is 0.346 e. The van der Waals surface area contributed by atoms with Crippen LogP contribution in [0.25, 0.3) is 0 Å². The molecule has 0 N–H and O–H groups in total. The second-order valence-electron chi connectivity index (χ2n) is 3.95. The zero-order chi connectivity index (χ0) is 11.5. The van der Waals surface area contributed by atoms with Crippen LogP contribution in [-0.4, -0.2) is 25.6 Å². The predicted molar refractivity (Wildman–Crippen MR) is 59.3 cm³/mol. The molecule has 0 aliphatic heterocycles. The maximum absolute atomic E-state index is 10.6. The molecule has 0 radical (unpaired) electrons. The first-order valence-electron chi connectivity index (χ1n) is 5.20. The van der Waals surface area contributed by atoms with E-state index < -0.39 is 0 Å². The highest BCUT2D eigenvalue weighted by Gasteiger charge is 2.07. The third-order valence-electron chi connectivity index (χ3n) is 2.37. The second-order valence-corrected chi connectivity index (χ2v) is 3.95. The van der Waals surface area contributed by atoms with Crippen molar-refractivity contribution in [2.24, 2.45) is 0 Å². The maximum atomic E-state index is 10.6. The fourth-order valence-electron chi connectivity index (χ4n) is 1.61. The SMILES string of the molecule is CC(C)n1ncnc1Cn1ccc(C=O)c1. The molecule has 2 rings (SSSR count). The van der Waals surface area contributed by atoms with Crippen LogP contribution < -0.4 is 0 Å². The van der Waals surface area contributed by atoms with E-state index in [-0.39, 0.29) is 0 Å². The summed E-state index contributed by atoms with van der Waals surface area (Å²) in [4.78, 5) is 14.8. The highest BCUT2D eigenvalue weighted by Crippen LogP contribution is 2.08. The van der Waals surface area contributed by atoms with Crippen molar-refractivity contribution in [1.29, 1.82) is 0 Å². The third-order valence-corrected chi connectivity index (χ3v) is 2.37. The van der Waals surface area contributed by atoms with Crippen LogP contribution in [0.3, 0.4) is 0 Å². The topological polar surface area (TPSA) is 52.7 Å².